The van der Waals surface area contributed by atoms with Crippen molar-refractivity contribution >= 4 is 34.9 Å². The van der Waals surface area contributed by atoms with Crippen LogP contribution in [0.25, 0.3) is 0 Å². The summed E-state index contributed by atoms with van der Waals surface area (Å²) in [6, 6.07) is 5.33. The number of anilines is 4. The number of benzene rings is 1. The molecule has 0 spiro atoms. The number of piperazine rings is 1. The molecule has 1 aromatic carbocycles. The number of nitrogens with zero attached hydrogens (tertiary/aromatic N) is 4. The fraction of sp³-hybridized carbons (Fsp3) is 0.481. The molecule has 0 radical (unpaired) electrons. The fourth-order valence-corrected chi connectivity index (χ4v) is 5.64. The Morgan fingerprint density at radius 1 is 1.16 bits per heavy atom. The van der Waals surface area contributed by atoms with Crippen LogP contribution in [0.3, 0.4) is 0 Å². The number of ether oxygens (including phenoxy) is 1. The summed E-state index contributed by atoms with van der Waals surface area (Å²) in [6.07, 6.45) is 6.42. The van der Waals surface area contributed by atoms with Crippen molar-refractivity contribution in [2.75, 3.05) is 55.9 Å². The van der Waals surface area contributed by atoms with E-state index in [0.29, 0.717) is 17.7 Å². The number of allylic oxidation sites excluding steroid dienone is 1. The number of likely N-dealkylation sites (N-methyl/N-ethyl adjacent to an activating group) is 1. The smallest absolute Gasteiger partial charge is 0.311 e. The maximum Gasteiger partial charge on any atom is 0.311 e. The van der Waals surface area contributed by atoms with E-state index in [0.717, 1.165) is 44.5 Å². The highest BCUT2D eigenvalue weighted by molar-refractivity contribution is 6.02. The van der Waals surface area contributed by atoms with Crippen LogP contribution in [0.4, 0.5) is 27.5 Å². The molecule has 196 valence electrons. The van der Waals surface area contributed by atoms with Crippen molar-refractivity contribution in [2.24, 2.45) is 17.8 Å². The number of esters is 1. The first-order valence-electron chi connectivity index (χ1n) is 12.8. The van der Waals surface area contributed by atoms with Crippen molar-refractivity contribution in [2.45, 2.75) is 25.8 Å². The second-order valence-electron chi connectivity index (χ2n) is 9.98. The monoisotopic (exact) mass is 508 g/mol. The summed E-state index contributed by atoms with van der Waals surface area (Å²) in [5, 5.41) is 6.26. The molecule has 2 fully saturated rings. The van der Waals surface area contributed by atoms with Crippen molar-refractivity contribution in [3.63, 3.8) is 0 Å². The summed E-state index contributed by atoms with van der Waals surface area (Å²) >= 11 is 0. The number of carbonyl (C=O) groups excluding carboxylic acids is 2. The highest BCUT2D eigenvalue weighted by Crippen LogP contribution is 2.45. The van der Waals surface area contributed by atoms with Gasteiger partial charge in [0.2, 0.25) is 5.95 Å². The zero-order chi connectivity index (χ0) is 26.1. The summed E-state index contributed by atoms with van der Waals surface area (Å²) in [4.78, 5) is 38.2. The maximum absolute atomic E-state index is 14.7. The van der Waals surface area contributed by atoms with Crippen LogP contribution in [-0.2, 0) is 9.53 Å². The molecule has 5 rings (SSSR count). The van der Waals surface area contributed by atoms with Gasteiger partial charge in [-0.25, -0.2) is 9.37 Å². The predicted octanol–water partition coefficient (Wildman–Crippen LogP) is 3.48. The third-order valence-electron chi connectivity index (χ3n) is 7.70. The number of hydrogen-bond donors (Lipinski definition) is 2. The molecule has 1 saturated heterocycles. The van der Waals surface area contributed by atoms with Crippen molar-refractivity contribution in [3.8, 4) is 0 Å². The Morgan fingerprint density at radius 3 is 2.65 bits per heavy atom. The van der Waals surface area contributed by atoms with E-state index in [1.54, 1.807) is 0 Å². The Labute approximate surface area is 216 Å². The van der Waals surface area contributed by atoms with Crippen molar-refractivity contribution in [1.29, 1.82) is 0 Å². The molecule has 3 aliphatic rings. The molecule has 37 heavy (non-hydrogen) atoms. The topological polar surface area (TPSA) is 99.7 Å². The van der Waals surface area contributed by atoms with Gasteiger partial charge in [0.1, 0.15) is 0 Å². The van der Waals surface area contributed by atoms with E-state index in [2.05, 4.69) is 43.5 Å². The van der Waals surface area contributed by atoms with Crippen molar-refractivity contribution in [3.05, 3.63) is 47.9 Å². The van der Waals surface area contributed by atoms with Crippen LogP contribution in [0, 0.1) is 23.6 Å². The van der Waals surface area contributed by atoms with E-state index in [9.17, 15) is 14.0 Å². The lowest BCUT2D eigenvalue weighted by Crippen LogP contribution is -2.45. The SMILES string of the molecule is CCC(=O)c1cc(Nc2ncc(F)c(NC3C4C=CC(C4)C3C(=O)OC)n2)ccc1N1CCN(C)CC1. The summed E-state index contributed by atoms with van der Waals surface area (Å²) < 4.78 is 19.7. The molecule has 2 aromatic rings. The number of Topliss-reactive ketones (excluding diaryl/α,β-unsaturated/α-hetero) is 1. The molecule has 2 N–H and O–H groups in total. The van der Waals surface area contributed by atoms with E-state index in [1.165, 1.54) is 7.11 Å². The first-order chi connectivity index (χ1) is 17.9. The van der Waals surface area contributed by atoms with Gasteiger partial charge in [0.05, 0.1) is 19.2 Å². The van der Waals surface area contributed by atoms with Gasteiger partial charge in [-0.1, -0.05) is 19.1 Å². The molecule has 1 aromatic heterocycles. The van der Waals surface area contributed by atoms with Crippen LogP contribution < -0.4 is 15.5 Å². The molecule has 0 amide bonds. The Balaban J connectivity index is 1.37. The number of ketones is 1. The van der Waals surface area contributed by atoms with Gasteiger partial charge in [0.25, 0.3) is 0 Å². The van der Waals surface area contributed by atoms with Crippen LogP contribution >= 0.6 is 0 Å². The van der Waals surface area contributed by atoms with Crippen LogP contribution in [0.1, 0.15) is 30.1 Å². The Hall–Kier alpha value is -3.53. The minimum absolute atomic E-state index is 0.0243. The fourth-order valence-electron chi connectivity index (χ4n) is 5.64. The Kier molecular flexibility index (Phi) is 7.10. The van der Waals surface area contributed by atoms with E-state index in [1.807, 2.05) is 31.2 Å². The van der Waals surface area contributed by atoms with Gasteiger partial charge in [-0.15, -0.1) is 0 Å². The predicted molar refractivity (Wildman–Crippen MR) is 140 cm³/mol. The maximum atomic E-state index is 14.7. The van der Waals surface area contributed by atoms with Crippen LogP contribution in [0.5, 0.6) is 0 Å². The summed E-state index contributed by atoms with van der Waals surface area (Å²) in [7, 11) is 3.47. The second-order valence-corrected chi connectivity index (χ2v) is 9.98. The average molecular weight is 509 g/mol. The number of fused-ring (bicyclic) bond motifs is 2. The molecule has 4 unspecified atom stereocenters. The number of aromatic nitrogens is 2. The first-order valence-corrected chi connectivity index (χ1v) is 12.8. The molecule has 4 atom stereocenters. The van der Waals surface area contributed by atoms with Crippen LogP contribution in [-0.4, -0.2) is 73.0 Å². The van der Waals surface area contributed by atoms with E-state index in [4.69, 9.17) is 4.74 Å². The van der Waals surface area contributed by atoms with Gasteiger partial charge in [0.15, 0.2) is 17.4 Å². The minimum atomic E-state index is -0.604. The van der Waals surface area contributed by atoms with Gasteiger partial charge < -0.3 is 25.2 Å². The number of nitrogens with one attached hydrogen (secondary N) is 2. The molecule has 9 nitrogen and oxygen atoms in total. The van der Waals surface area contributed by atoms with E-state index < -0.39 is 11.7 Å². The molecule has 1 aliphatic heterocycles. The lowest BCUT2D eigenvalue weighted by Gasteiger charge is -2.35. The summed E-state index contributed by atoms with van der Waals surface area (Å²) in [5.41, 5.74) is 2.21. The van der Waals surface area contributed by atoms with Gasteiger partial charge in [0, 0.05) is 55.6 Å². The summed E-state index contributed by atoms with van der Waals surface area (Å²) in [5.74, 6) is -0.858. The number of rotatable bonds is 8. The first kappa shape index (κ1) is 25.1. The molecule has 2 heterocycles. The molecule has 1 saturated carbocycles. The summed E-state index contributed by atoms with van der Waals surface area (Å²) in [6.45, 7) is 5.44. The highest BCUT2D eigenvalue weighted by Gasteiger charge is 2.49. The zero-order valence-electron chi connectivity index (χ0n) is 21.4. The third-order valence-corrected chi connectivity index (χ3v) is 7.70. The van der Waals surface area contributed by atoms with E-state index in [-0.39, 0.29) is 41.4 Å². The second kappa shape index (κ2) is 10.5. The number of halogens is 1. The molecular formula is C27H33FN6O3. The normalized spacial score (nSPS) is 24.8. The Bertz CT molecular complexity index is 1210. The van der Waals surface area contributed by atoms with E-state index >= 15 is 0 Å². The molecule has 10 heteroatoms. The third kappa shape index (κ3) is 5.02. The number of hydrogen-bond acceptors (Lipinski definition) is 9. The molecule has 2 bridgehead atoms. The van der Waals surface area contributed by atoms with Gasteiger partial charge >= 0.3 is 5.97 Å². The van der Waals surface area contributed by atoms with Crippen LogP contribution in [0.2, 0.25) is 0 Å². The number of methoxy groups -OCH3 is 1. The zero-order valence-corrected chi connectivity index (χ0v) is 21.4. The van der Waals surface area contributed by atoms with Crippen molar-refractivity contribution in [1.82, 2.24) is 14.9 Å². The van der Waals surface area contributed by atoms with Gasteiger partial charge in [-0.05, 0) is 43.5 Å². The van der Waals surface area contributed by atoms with Gasteiger partial charge in [-0.2, -0.15) is 4.98 Å². The lowest BCUT2D eigenvalue weighted by molar-refractivity contribution is -0.146. The number of carbonyl (C=O) groups is 2. The molecular weight excluding hydrogens is 475 g/mol. The lowest BCUT2D eigenvalue weighted by atomic mass is 9.89. The average Bonchev–Trinajstić information content (AvgIpc) is 3.52. The largest absolute Gasteiger partial charge is 0.469 e. The standard InChI is InChI=1S/C27H33FN6O3/c1-4-22(35)19-14-18(7-8-21(19)34-11-9-33(2)10-12-34)30-27-29-15-20(28)25(32-27)31-24-17-6-5-16(13-17)23(24)26(36)37-3/h5-8,14-17,23-24H,4,9-13H2,1-3H3,(H2,29,30,31,32). The molecule has 2 aliphatic carbocycles. The quantitative estimate of drug-likeness (QED) is 0.315. The minimum Gasteiger partial charge on any atom is -0.469 e. The highest BCUT2D eigenvalue weighted by atomic mass is 19.1. The van der Waals surface area contributed by atoms with Crippen molar-refractivity contribution < 1.29 is 18.7 Å². The van der Waals surface area contributed by atoms with Gasteiger partial charge in [-0.3, -0.25) is 9.59 Å². The van der Waals surface area contributed by atoms with Crippen LogP contribution in [0.15, 0.2) is 36.5 Å². The Morgan fingerprint density at radius 2 is 1.92 bits per heavy atom.